The molecular weight excluding hydrogens is 290 g/mol. The van der Waals surface area contributed by atoms with E-state index >= 15 is 0 Å². The van der Waals surface area contributed by atoms with Gasteiger partial charge in [0.15, 0.2) is 4.77 Å². The molecule has 0 unspecified atom stereocenters. The van der Waals surface area contributed by atoms with Crippen molar-refractivity contribution in [3.05, 3.63) is 76.3 Å². The third-order valence-corrected chi connectivity index (χ3v) is 4.68. The molecule has 1 aromatic heterocycles. The van der Waals surface area contributed by atoms with E-state index in [0.29, 0.717) is 16.6 Å². The average molecular weight is 307 g/mol. The molecule has 0 aliphatic heterocycles. The molecule has 22 heavy (non-hydrogen) atoms. The van der Waals surface area contributed by atoms with E-state index in [0.717, 1.165) is 17.9 Å². The quantitative estimate of drug-likeness (QED) is 0.722. The molecular formula is C18H17N3S. The van der Waals surface area contributed by atoms with Gasteiger partial charge in [0.05, 0.1) is 5.69 Å². The van der Waals surface area contributed by atoms with Gasteiger partial charge in [0.1, 0.15) is 5.82 Å². The lowest BCUT2D eigenvalue weighted by molar-refractivity contribution is 0.843. The molecule has 3 nitrogen and oxygen atoms in total. The second-order valence-electron chi connectivity index (χ2n) is 5.87. The average Bonchev–Trinajstić information content (AvgIpc) is 3.25. The molecule has 0 amide bonds. The Morgan fingerprint density at radius 3 is 2.55 bits per heavy atom. The highest BCUT2D eigenvalue weighted by Crippen LogP contribution is 2.54. The first-order valence-corrected chi connectivity index (χ1v) is 7.95. The van der Waals surface area contributed by atoms with E-state index in [1.165, 1.54) is 11.1 Å². The summed E-state index contributed by atoms with van der Waals surface area (Å²) in [6.07, 6.45) is 1.13. The first-order valence-electron chi connectivity index (χ1n) is 7.54. The normalized spacial score (nSPS) is 20.0. The summed E-state index contributed by atoms with van der Waals surface area (Å²) in [7, 11) is 0. The second kappa shape index (κ2) is 5.21. The molecule has 1 aliphatic carbocycles. The molecule has 110 valence electrons. The predicted octanol–water partition coefficient (Wildman–Crippen LogP) is 4.51. The number of nitrogens with zero attached hydrogens (tertiary/aromatic N) is 2. The fourth-order valence-electron chi connectivity index (χ4n) is 3.15. The van der Waals surface area contributed by atoms with Crippen molar-refractivity contribution in [3.63, 3.8) is 0 Å². The molecule has 2 aromatic carbocycles. The van der Waals surface area contributed by atoms with Crippen molar-refractivity contribution >= 4 is 12.2 Å². The van der Waals surface area contributed by atoms with Crippen LogP contribution in [0.1, 0.15) is 35.2 Å². The maximum Gasteiger partial charge on any atom is 0.199 e. The lowest BCUT2D eigenvalue weighted by Crippen LogP contribution is -2.02. The van der Waals surface area contributed by atoms with E-state index in [4.69, 9.17) is 12.2 Å². The van der Waals surface area contributed by atoms with Crippen LogP contribution in [0.15, 0.2) is 54.6 Å². The maximum absolute atomic E-state index is 5.46. The molecule has 0 radical (unpaired) electrons. The van der Waals surface area contributed by atoms with Crippen LogP contribution in [-0.2, 0) is 0 Å². The highest BCUT2D eigenvalue weighted by atomic mass is 32.1. The molecule has 3 aromatic rings. The predicted molar refractivity (Wildman–Crippen MR) is 90.0 cm³/mol. The fourth-order valence-corrected chi connectivity index (χ4v) is 3.39. The number of aromatic nitrogens is 3. The summed E-state index contributed by atoms with van der Waals surface area (Å²) in [5, 5.41) is 7.49. The Morgan fingerprint density at radius 1 is 1.05 bits per heavy atom. The lowest BCUT2D eigenvalue weighted by atomic mass is 10.1. The van der Waals surface area contributed by atoms with Gasteiger partial charge in [-0.3, -0.25) is 9.67 Å². The minimum absolute atomic E-state index is 0.440. The van der Waals surface area contributed by atoms with Crippen molar-refractivity contribution < 1.29 is 0 Å². The number of H-pyrrole nitrogens is 1. The monoisotopic (exact) mass is 307 g/mol. The van der Waals surface area contributed by atoms with E-state index in [9.17, 15) is 0 Å². The van der Waals surface area contributed by atoms with Crippen molar-refractivity contribution in [1.82, 2.24) is 14.8 Å². The number of para-hydroxylation sites is 1. The zero-order valence-electron chi connectivity index (χ0n) is 12.4. The van der Waals surface area contributed by atoms with Crippen molar-refractivity contribution in [2.45, 2.75) is 25.2 Å². The van der Waals surface area contributed by atoms with Crippen LogP contribution in [0.2, 0.25) is 0 Å². The van der Waals surface area contributed by atoms with Crippen LogP contribution in [0.25, 0.3) is 5.69 Å². The molecule has 1 N–H and O–H groups in total. The largest absolute Gasteiger partial charge is 0.272 e. The first kappa shape index (κ1) is 13.5. The minimum atomic E-state index is 0.440. The zero-order valence-corrected chi connectivity index (χ0v) is 13.2. The summed E-state index contributed by atoms with van der Waals surface area (Å²) in [5.74, 6) is 2.04. The highest BCUT2D eigenvalue weighted by molar-refractivity contribution is 7.71. The molecule has 0 spiro atoms. The van der Waals surface area contributed by atoms with Crippen LogP contribution < -0.4 is 0 Å². The number of aromatic amines is 1. The Morgan fingerprint density at radius 2 is 1.77 bits per heavy atom. The number of aryl methyl sites for hydroxylation is 1. The van der Waals surface area contributed by atoms with Gasteiger partial charge in [-0.15, -0.1) is 0 Å². The summed E-state index contributed by atoms with van der Waals surface area (Å²) < 4.78 is 2.76. The molecule has 2 atom stereocenters. The fraction of sp³-hybridized carbons (Fsp3) is 0.222. The van der Waals surface area contributed by atoms with Crippen LogP contribution in [0, 0.1) is 11.7 Å². The van der Waals surface area contributed by atoms with Crippen LogP contribution in [0.4, 0.5) is 0 Å². The summed E-state index contributed by atoms with van der Waals surface area (Å²) in [6, 6.07) is 19.0. The standard InChI is InChI=1S/C18H17N3S/c1-12-7-5-6-10-16(12)21-17(19-20-18(21)22)15-11-14(15)13-8-3-2-4-9-13/h2-10,14-15H,11H2,1H3,(H,20,22)/t14-,15-/m1/s1. The molecule has 1 saturated carbocycles. The van der Waals surface area contributed by atoms with Crippen molar-refractivity contribution in [2.75, 3.05) is 0 Å². The van der Waals surface area contributed by atoms with Crippen molar-refractivity contribution in [2.24, 2.45) is 0 Å². The summed E-state index contributed by atoms with van der Waals surface area (Å²) in [6.45, 7) is 2.11. The van der Waals surface area contributed by atoms with Gasteiger partial charge in [0, 0.05) is 5.92 Å². The Hall–Kier alpha value is -2.20. The van der Waals surface area contributed by atoms with E-state index in [-0.39, 0.29) is 0 Å². The van der Waals surface area contributed by atoms with Crippen LogP contribution in [-0.4, -0.2) is 14.8 Å². The Labute approximate surface area is 134 Å². The molecule has 1 aliphatic rings. The van der Waals surface area contributed by atoms with E-state index < -0.39 is 0 Å². The Bertz CT molecular complexity index is 863. The molecule has 1 heterocycles. The molecule has 4 heteroatoms. The van der Waals surface area contributed by atoms with Crippen LogP contribution in [0.5, 0.6) is 0 Å². The van der Waals surface area contributed by atoms with Crippen LogP contribution in [0.3, 0.4) is 0 Å². The highest BCUT2D eigenvalue weighted by Gasteiger charge is 2.43. The number of hydrogen-bond acceptors (Lipinski definition) is 2. The van der Waals surface area contributed by atoms with E-state index in [1.807, 2.05) is 12.1 Å². The SMILES string of the molecule is Cc1ccccc1-n1c([C@@H]2C[C@@H]2c2ccccc2)n[nH]c1=S. The van der Waals surface area contributed by atoms with Gasteiger partial charge in [-0.05, 0) is 48.7 Å². The van der Waals surface area contributed by atoms with Gasteiger partial charge in [0.25, 0.3) is 0 Å². The number of hydrogen-bond donors (Lipinski definition) is 1. The third-order valence-electron chi connectivity index (χ3n) is 4.40. The Balaban J connectivity index is 1.74. The summed E-state index contributed by atoms with van der Waals surface area (Å²) in [5.41, 5.74) is 3.71. The van der Waals surface area contributed by atoms with E-state index in [2.05, 4.69) is 64.2 Å². The van der Waals surface area contributed by atoms with Gasteiger partial charge >= 0.3 is 0 Å². The number of rotatable bonds is 3. The zero-order chi connectivity index (χ0) is 15.1. The smallest absolute Gasteiger partial charge is 0.199 e. The van der Waals surface area contributed by atoms with Crippen LogP contribution >= 0.6 is 12.2 Å². The summed E-state index contributed by atoms with van der Waals surface area (Å²) in [4.78, 5) is 0. The van der Waals surface area contributed by atoms with Gasteiger partial charge in [-0.25, -0.2) is 0 Å². The molecule has 1 fully saturated rings. The molecule has 0 bridgehead atoms. The van der Waals surface area contributed by atoms with Gasteiger partial charge in [-0.1, -0.05) is 48.5 Å². The van der Waals surface area contributed by atoms with Crippen molar-refractivity contribution in [3.8, 4) is 5.69 Å². The lowest BCUT2D eigenvalue weighted by Gasteiger charge is -2.09. The minimum Gasteiger partial charge on any atom is -0.272 e. The van der Waals surface area contributed by atoms with Gasteiger partial charge < -0.3 is 0 Å². The summed E-state index contributed by atoms with van der Waals surface area (Å²) >= 11 is 5.46. The first-order chi connectivity index (χ1) is 10.8. The topological polar surface area (TPSA) is 33.6 Å². The second-order valence-corrected chi connectivity index (χ2v) is 6.25. The molecule has 4 rings (SSSR count). The number of benzene rings is 2. The van der Waals surface area contributed by atoms with Gasteiger partial charge in [-0.2, -0.15) is 5.10 Å². The van der Waals surface area contributed by atoms with E-state index in [1.54, 1.807) is 0 Å². The maximum atomic E-state index is 5.46. The van der Waals surface area contributed by atoms with Gasteiger partial charge in [0.2, 0.25) is 0 Å². The number of nitrogens with one attached hydrogen (secondary N) is 1. The van der Waals surface area contributed by atoms with Crippen molar-refractivity contribution in [1.29, 1.82) is 0 Å². The molecule has 0 saturated heterocycles. The Kier molecular flexibility index (Phi) is 3.19. The third kappa shape index (κ3) is 2.20.